The van der Waals surface area contributed by atoms with Crippen LogP contribution in [0, 0.1) is 0 Å². The Hall–Kier alpha value is -1.84. The zero-order chi connectivity index (χ0) is 14.4. The van der Waals surface area contributed by atoms with E-state index in [9.17, 15) is 4.79 Å². The van der Waals surface area contributed by atoms with E-state index in [1.165, 1.54) is 0 Å². The molecule has 0 saturated heterocycles. The largest absolute Gasteiger partial charge is 0.352 e. The molecule has 2 rings (SSSR count). The number of hydrogen-bond acceptors (Lipinski definition) is 2. The predicted octanol–water partition coefficient (Wildman–Crippen LogP) is 2.66. The molecule has 0 atom stereocenters. The van der Waals surface area contributed by atoms with E-state index < -0.39 is 0 Å². The maximum Gasteiger partial charge on any atom is 0.224 e. The lowest BCUT2D eigenvalue weighted by Gasteiger charge is -2.09. The van der Waals surface area contributed by atoms with Gasteiger partial charge in [-0.05, 0) is 28.8 Å². The molecule has 0 aliphatic carbocycles. The minimum Gasteiger partial charge on any atom is -0.352 e. The lowest BCUT2D eigenvalue weighted by Crippen LogP contribution is -2.25. The average Bonchev–Trinajstić information content (AvgIpc) is 2.48. The fourth-order valence-corrected chi connectivity index (χ4v) is 2.10. The van der Waals surface area contributed by atoms with E-state index in [-0.39, 0.29) is 5.91 Å². The van der Waals surface area contributed by atoms with Crippen molar-refractivity contribution in [1.82, 2.24) is 5.32 Å². The van der Waals surface area contributed by atoms with Crippen molar-refractivity contribution in [3.63, 3.8) is 0 Å². The highest BCUT2D eigenvalue weighted by Gasteiger charge is 2.05. The molecule has 2 aromatic rings. The molecule has 0 unspecified atom stereocenters. The molecule has 3 nitrogen and oxygen atoms in total. The summed E-state index contributed by atoms with van der Waals surface area (Å²) in [6, 6.07) is 15.1. The highest BCUT2D eigenvalue weighted by atomic mass is 35.5. The Balaban J connectivity index is 1.90. The maximum atomic E-state index is 11.9. The quantitative estimate of drug-likeness (QED) is 0.889. The summed E-state index contributed by atoms with van der Waals surface area (Å²) in [7, 11) is 0. The summed E-state index contributed by atoms with van der Waals surface area (Å²) in [6.07, 6.45) is 0.349. The van der Waals surface area contributed by atoms with E-state index in [1.54, 1.807) is 12.1 Å². The molecule has 0 fully saturated rings. The van der Waals surface area contributed by atoms with Gasteiger partial charge >= 0.3 is 0 Å². The number of amides is 1. The van der Waals surface area contributed by atoms with E-state index >= 15 is 0 Å². The van der Waals surface area contributed by atoms with Crippen molar-refractivity contribution < 1.29 is 4.79 Å². The first-order valence-corrected chi connectivity index (χ1v) is 6.85. The van der Waals surface area contributed by atoms with Gasteiger partial charge in [0, 0.05) is 18.1 Å². The number of hydrogen-bond donors (Lipinski definition) is 2. The molecule has 0 radical (unpaired) electrons. The zero-order valence-corrected chi connectivity index (χ0v) is 11.9. The summed E-state index contributed by atoms with van der Waals surface area (Å²) in [4.78, 5) is 11.9. The smallest absolute Gasteiger partial charge is 0.224 e. The van der Waals surface area contributed by atoms with Crippen LogP contribution in [0.4, 0.5) is 0 Å². The molecule has 0 spiro atoms. The van der Waals surface area contributed by atoms with E-state index in [1.807, 2.05) is 36.4 Å². The van der Waals surface area contributed by atoms with E-state index in [0.717, 1.165) is 16.7 Å². The number of nitrogens with one attached hydrogen (secondary N) is 1. The molecule has 104 valence electrons. The van der Waals surface area contributed by atoms with Crippen LogP contribution >= 0.6 is 11.6 Å². The third-order valence-electron chi connectivity index (χ3n) is 3.09. The molecule has 0 bridgehead atoms. The standard InChI is InChI=1S/C16H17ClN2O/c17-15-7-5-12(6-8-15)9-16(20)19-11-14-4-2-1-3-13(14)10-18/h1-8H,9-11,18H2,(H,19,20). The third-order valence-corrected chi connectivity index (χ3v) is 3.34. The molecule has 0 heterocycles. The molecular weight excluding hydrogens is 272 g/mol. The van der Waals surface area contributed by atoms with Crippen LogP contribution in [0.5, 0.6) is 0 Å². The second-order valence-electron chi connectivity index (χ2n) is 4.55. The van der Waals surface area contributed by atoms with Crippen LogP contribution in [0.3, 0.4) is 0 Å². The summed E-state index contributed by atoms with van der Waals surface area (Å²) in [5.74, 6) is -0.0147. The first kappa shape index (κ1) is 14.6. The van der Waals surface area contributed by atoms with E-state index in [4.69, 9.17) is 17.3 Å². The van der Waals surface area contributed by atoms with Gasteiger partial charge < -0.3 is 11.1 Å². The Morgan fingerprint density at radius 2 is 1.70 bits per heavy atom. The van der Waals surface area contributed by atoms with Crippen LogP contribution in [0.1, 0.15) is 16.7 Å². The molecule has 0 aromatic heterocycles. The fourth-order valence-electron chi connectivity index (χ4n) is 1.97. The lowest BCUT2D eigenvalue weighted by molar-refractivity contribution is -0.120. The van der Waals surface area contributed by atoms with Crippen molar-refractivity contribution in [1.29, 1.82) is 0 Å². The summed E-state index contributed by atoms with van der Waals surface area (Å²) in [6.45, 7) is 0.975. The van der Waals surface area contributed by atoms with Crippen molar-refractivity contribution in [3.8, 4) is 0 Å². The van der Waals surface area contributed by atoms with Gasteiger partial charge in [-0.2, -0.15) is 0 Å². The average molecular weight is 289 g/mol. The number of halogens is 1. The molecule has 0 aliphatic rings. The number of benzene rings is 2. The third kappa shape index (κ3) is 4.08. The SMILES string of the molecule is NCc1ccccc1CNC(=O)Cc1ccc(Cl)cc1. The Labute approximate surface area is 123 Å². The molecule has 3 N–H and O–H groups in total. The molecule has 0 saturated carbocycles. The van der Waals surface area contributed by atoms with Gasteiger partial charge in [0.05, 0.1) is 6.42 Å². The summed E-state index contributed by atoms with van der Waals surface area (Å²) >= 11 is 5.81. The normalized spacial score (nSPS) is 10.3. The van der Waals surface area contributed by atoms with Gasteiger partial charge in [-0.25, -0.2) is 0 Å². The van der Waals surface area contributed by atoms with E-state index in [2.05, 4.69) is 5.32 Å². The van der Waals surface area contributed by atoms with Crippen molar-refractivity contribution in [2.45, 2.75) is 19.5 Å². The number of nitrogens with two attached hydrogens (primary N) is 1. The molecule has 1 amide bonds. The van der Waals surface area contributed by atoms with Gasteiger partial charge in [-0.15, -0.1) is 0 Å². The highest BCUT2D eigenvalue weighted by Crippen LogP contribution is 2.10. The zero-order valence-electron chi connectivity index (χ0n) is 11.1. The summed E-state index contributed by atoms with van der Waals surface area (Å²) in [5, 5.41) is 3.58. The summed E-state index contributed by atoms with van der Waals surface area (Å²) in [5.41, 5.74) is 8.72. The van der Waals surface area contributed by atoms with Crippen LogP contribution in [0.2, 0.25) is 5.02 Å². The minimum atomic E-state index is -0.0147. The predicted molar refractivity (Wildman–Crippen MR) is 81.3 cm³/mol. The second kappa shape index (κ2) is 7.08. The fraction of sp³-hybridized carbons (Fsp3) is 0.188. The first-order valence-electron chi connectivity index (χ1n) is 6.47. The van der Waals surface area contributed by atoms with Crippen LogP contribution in [0.15, 0.2) is 48.5 Å². The molecular formula is C16H17ClN2O. The topological polar surface area (TPSA) is 55.1 Å². The van der Waals surface area contributed by atoms with Crippen molar-refractivity contribution >= 4 is 17.5 Å². The van der Waals surface area contributed by atoms with Gasteiger partial charge in [0.2, 0.25) is 5.91 Å². The van der Waals surface area contributed by atoms with Crippen molar-refractivity contribution in [2.75, 3.05) is 0 Å². The lowest BCUT2D eigenvalue weighted by atomic mass is 10.1. The van der Waals surface area contributed by atoms with Crippen molar-refractivity contribution in [3.05, 3.63) is 70.2 Å². The van der Waals surface area contributed by atoms with Gasteiger partial charge in [0.15, 0.2) is 0 Å². The van der Waals surface area contributed by atoms with Gasteiger partial charge in [-0.3, -0.25) is 4.79 Å². The minimum absolute atomic E-state index is 0.0147. The van der Waals surface area contributed by atoms with Gasteiger partial charge in [0.1, 0.15) is 0 Å². The second-order valence-corrected chi connectivity index (χ2v) is 4.99. The van der Waals surface area contributed by atoms with Crippen LogP contribution in [-0.4, -0.2) is 5.91 Å². The first-order chi connectivity index (χ1) is 9.69. The summed E-state index contributed by atoms with van der Waals surface area (Å²) < 4.78 is 0. The molecule has 20 heavy (non-hydrogen) atoms. The van der Waals surface area contributed by atoms with Gasteiger partial charge in [-0.1, -0.05) is 48.0 Å². The van der Waals surface area contributed by atoms with Crippen LogP contribution in [-0.2, 0) is 24.3 Å². The molecule has 0 aliphatic heterocycles. The maximum absolute atomic E-state index is 11.9. The van der Waals surface area contributed by atoms with Crippen LogP contribution in [0.25, 0.3) is 0 Å². The number of carbonyl (C=O) groups excluding carboxylic acids is 1. The van der Waals surface area contributed by atoms with Crippen molar-refractivity contribution in [2.24, 2.45) is 5.73 Å². The van der Waals surface area contributed by atoms with Gasteiger partial charge in [0.25, 0.3) is 0 Å². The van der Waals surface area contributed by atoms with Crippen LogP contribution < -0.4 is 11.1 Å². The monoisotopic (exact) mass is 288 g/mol. The Morgan fingerprint density at radius 3 is 2.35 bits per heavy atom. The Morgan fingerprint density at radius 1 is 1.05 bits per heavy atom. The number of carbonyl (C=O) groups is 1. The van der Waals surface area contributed by atoms with E-state index in [0.29, 0.717) is 24.5 Å². The molecule has 2 aromatic carbocycles. The highest BCUT2D eigenvalue weighted by molar-refractivity contribution is 6.30. The number of rotatable bonds is 5. The Bertz CT molecular complexity index is 581. The molecule has 4 heteroatoms. The Kier molecular flexibility index (Phi) is 5.16.